The van der Waals surface area contributed by atoms with Crippen LogP contribution in [-0.2, 0) is 6.42 Å². The van der Waals surface area contributed by atoms with E-state index in [4.69, 9.17) is 0 Å². The van der Waals surface area contributed by atoms with Crippen LogP contribution in [0, 0.1) is 5.92 Å². The van der Waals surface area contributed by atoms with Gasteiger partial charge < -0.3 is 0 Å². The highest BCUT2D eigenvalue weighted by atomic mass is 32.1. The third-order valence-electron chi connectivity index (χ3n) is 2.07. The Hall–Kier alpha value is -0.890. The van der Waals surface area contributed by atoms with Crippen LogP contribution in [0.3, 0.4) is 0 Å². The van der Waals surface area contributed by atoms with Crippen LogP contribution in [0.2, 0.25) is 0 Å². The molecule has 1 aromatic heterocycles. The Morgan fingerprint density at radius 1 is 1.38 bits per heavy atom. The van der Waals surface area contributed by atoms with E-state index in [1.807, 2.05) is 0 Å². The van der Waals surface area contributed by atoms with Crippen molar-refractivity contribution in [1.29, 1.82) is 0 Å². The van der Waals surface area contributed by atoms with E-state index in [1.54, 1.807) is 0 Å². The van der Waals surface area contributed by atoms with Gasteiger partial charge in [-0.05, 0) is 35.5 Å². The molecule has 2 aromatic rings. The minimum atomic E-state index is 0.719. The van der Waals surface area contributed by atoms with E-state index in [-0.39, 0.29) is 0 Å². The largest absolute Gasteiger partial charge is 0.193 e. The lowest BCUT2D eigenvalue weighted by Crippen LogP contribution is -1.93. The van der Waals surface area contributed by atoms with E-state index in [9.17, 15) is 0 Å². The minimum Gasteiger partial charge on any atom is -0.193 e. The quantitative estimate of drug-likeness (QED) is 0.708. The zero-order valence-electron chi connectivity index (χ0n) is 7.95. The molecule has 1 aromatic carbocycles. The van der Waals surface area contributed by atoms with E-state index in [0.29, 0.717) is 0 Å². The Bertz CT molecular complexity index is 403. The van der Waals surface area contributed by atoms with Gasteiger partial charge in [0.1, 0.15) is 0 Å². The molecule has 0 aliphatic heterocycles. The monoisotopic (exact) mass is 191 g/mol. The molecule has 1 heterocycles. The lowest BCUT2D eigenvalue weighted by atomic mass is 10.0. The van der Waals surface area contributed by atoms with Gasteiger partial charge in [0.15, 0.2) is 0 Å². The predicted octanol–water partition coefficient (Wildman–Crippen LogP) is 3.49. The summed E-state index contributed by atoms with van der Waals surface area (Å²) in [6, 6.07) is 6.57. The smallest absolute Gasteiger partial charge is 0.0843 e. The van der Waals surface area contributed by atoms with Crippen LogP contribution in [-0.4, -0.2) is 4.37 Å². The average molecular weight is 191 g/mol. The second kappa shape index (κ2) is 3.46. The van der Waals surface area contributed by atoms with Gasteiger partial charge in [-0.25, -0.2) is 0 Å². The average Bonchev–Trinajstić information content (AvgIpc) is 2.49. The van der Waals surface area contributed by atoms with Gasteiger partial charge in [-0.2, -0.15) is 4.37 Å². The molecule has 2 rings (SSSR count). The van der Waals surface area contributed by atoms with Crippen molar-refractivity contribution in [3.8, 4) is 0 Å². The molecule has 13 heavy (non-hydrogen) atoms. The maximum absolute atomic E-state index is 4.33. The van der Waals surface area contributed by atoms with E-state index in [2.05, 4.69) is 41.8 Å². The summed E-state index contributed by atoms with van der Waals surface area (Å²) >= 11 is 1.53. The highest BCUT2D eigenvalue weighted by molar-refractivity contribution is 7.04. The van der Waals surface area contributed by atoms with Crippen molar-refractivity contribution < 1.29 is 0 Å². The fourth-order valence-corrected chi connectivity index (χ4v) is 2.14. The van der Waals surface area contributed by atoms with Crippen LogP contribution in [0.25, 0.3) is 10.9 Å². The summed E-state index contributed by atoms with van der Waals surface area (Å²) in [6.07, 6.45) is 1.15. The van der Waals surface area contributed by atoms with Crippen molar-refractivity contribution in [2.24, 2.45) is 5.92 Å². The molecule has 0 amide bonds. The van der Waals surface area contributed by atoms with Crippen molar-refractivity contribution in [2.45, 2.75) is 20.3 Å². The number of hydrogen-bond acceptors (Lipinski definition) is 2. The van der Waals surface area contributed by atoms with Gasteiger partial charge >= 0.3 is 0 Å². The fourth-order valence-electron chi connectivity index (χ4n) is 1.51. The summed E-state index contributed by atoms with van der Waals surface area (Å²) in [5.41, 5.74) is 2.54. The lowest BCUT2D eigenvalue weighted by molar-refractivity contribution is 0.648. The Kier molecular flexibility index (Phi) is 2.32. The molecular weight excluding hydrogens is 178 g/mol. The first-order chi connectivity index (χ1) is 6.25. The second-order valence-electron chi connectivity index (χ2n) is 3.81. The molecule has 68 valence electrons. The Morgan fingerprint density at radius 2 is 2.23 bits per heavy atom. The molecule has 2 heteroatoms. The lowest BCUT2D eigenvalue weighted by Gasteiger charge is -2.03. The Labute approximate surface area is 82.6 Å². The third-order valence-corrected chi connectivity index (χ3v) is 2.73. The van der Waals surface area contributed by atoms with E-state index < -0.39 is 0 Å². The first-order valence-corrected chi connectivity index (χ1v) is 5.42. The van der Waals surface area contributed by atoms with Crippen molar-refractivity contribution in [3.05, 3.63) is 29.1 Å². The van der Waals surface area contributed by atoms with Crippen molar-refractivity contribution in [1.82, 2.24) is 4.37 Å². The molecule has 0 unspecified atom stereocenters. The van der Waals surface area contributed by atoms with Crippen molar-refractivity contribution in [3.63, 3.8) is 0 Å². The highest BCUT2D eigenvalue weighted by Gasteiger charge is 2.00. The van der Waals surface area contributed by atoms with Crippen LogP contribution < -0.4 is 0 Å². The van der Waals surface area contributed by atoms with Crippen LogP contribution in [0.15, 0.2) is 23.6 Å². The van der Waals surface area contributed by atoms with Crippen molar-refractivity contribution in [2.75, 3.05) is 0 Å². The Morgan fingerprint density at radius 3 is 3.00 bits per heavy atom. The van der Waals surface area contributed by atoms with Gasteiger partial charge in [-0.1, -0.05) is 26.0 Å². The summed E-state index contributed by atoms with van der Waals surface area (Å²) in [5.74, 6) is 0.719. The number of aromatic nitrogens is 1. The van der Waals surface area contributed by atoms with Crippen molar-refractivity contribution >= 4 is 22.4 Å². The summed E-state index contributed by atoms with van der Waals surface area (Å²) < 4.78 is 4.33. The number of rotatable bonds is 2. The van der Waals surface area contributed by atoms with Gasteiger partial charge in [-0.15, -0.1) is 0 Å². The number of hydrogen-bond donors (Lipinski definition) is 0. The van der Waals surface area contributed by atoms with E-state index in [0.717, 1.165) is 17.9 Å². The van der Waals surface area contributed by atoms with Gasteiger partial charge in [0.25, 0.3) is 0 Å². The molecule has 0 fully saturated rings. The highest BCUT2D eigenvalue weighted by Crippen LogP contribution is 2.18. The maximum Gasteiger partial charge on any atom is 0.0843 e. The molecule has 0 saturated heterocycles. The maximum atomic E-state index is 4.33. The summed E-state index contributed by atoms with van der Waals surface area (Å²) in [6.45, 7) is 4.48. The first kappa shape index (κ1) is 8.70. The van der Waals surface area contributed by atoms with Crippen LogP contribution in [0.5, 0.6) is 0 Å². The summed E-state index contributed by atoms with van der Waals surface area (Å²) in [4.78, 5) is 0. The van der Waals surface area contributed by atoms with Crippen LogP contribution >= 0.6 is 11.5 Å². The second-order valence-corrected chi connectivity index (χ2v) is 4.43. The normalized spacial score (nSPS) is 11.3. The molecule has 0 bridgehead atoms. The van der Waals surface area contributed by atoms with Gasteiger partial charge in [0.05, 0.1) is 5.52 Å². The number of benzene rings is 1. The molecule has 0 spiro atoms. The third kappa shape index (κ3) is 1.89. The zero-order valence-corrected chi connectivity index (χ0v) is 8.77. The standard InChI is InChI=1S/C11H13NS/c1-8(2)5-9-3-4-10-7-13-12-11(10)6-9/h3-4,6-8H,5H2,1-2H3. The summed E-state index contributed by atoms with van der Waals surface area (Å²) in [5, 5.41) is 3.35. The van der Waals surface area contributed by atoms with Gasteiger partial charge in [0, 0.05) is 10.8 Å². The number of nitrogens with zero attached hydrogens (tertiary/aromatic N) is 1. The van der Waals surface area contributed by atoms with E-state index >= 15 is 0 Å². The molecule has 0 aliphatic rings. The topological polar surface area (TPSA) is 12.9 Å². The molecule has 0 aliphatic carbocycles. The first-order valence-electron chi connectivity index (χ1n) is 4.59. The van der Waals surface area contributed by atoms with E-state index in [1.165, 1.54) is 22.5 Å². The Balaban J connectivity index is 2.37. The molecular formula is C11H13NS. The minimum absolute atomic E-state index is 0.719. The van der Waals surface area contributed by atoms with Gasteiger partial charge in [0.2, 0.25) is 0 Å². The fraction of sp³-hybridized carbons (Fsp3) is 0.364. The zero-order chi connectivity index (χ0) is 9.26. The van der Waals surface area contributed by atoms with Crippen LogP contribution in [0.4, 0.5) is 0 Å². The molecule has 1 nitrogen and oxygen atoms in total. The SMILES string of the molecule is CC(C)Cc1ccc2csnc2c1. The molecule has 0 radical (unpaired) electrons. The molecule has 0 saturated carbocycles. The molecule has 0 atom stereocenters. The summed E-state index contributed by atoms with van der Waals surface area (Å²) in [7, 11) is 0. The van der Waals surface area contributed by atoms with Crippen LogP contribution in [0.1, 0.15) is 19.4 Å². The predicted molar refractivity (Wildman–Crippen MR) is 58.2 cm³/mol. The van der Waals surface area contributed by atoms with Gasteiger partial charge in [-0.3, -0.25) is 0 Å². The molecule has 0 N–H and O–H groups in total. The number of fused-ring (bicyclic) bond motifs is 1.